The first kappa shape index (κ1) is 9.72. The molecule has 3 heterocycles. The van der Waals surface area contributed by atoms with Gasteiger partial charge in [-0.25, -0.2) is 0 Å². The van der Waals surface area contributed by atoms with Gasteiger partial charge in [-0.2, -0.15) is 0 Å². The van der Waals surface area contributed by atoms with Crippen molar-refractivity contribution in [3.63, 3.8) is 0 Å². The van der Waals surface area contributed by atoms with Crippen LogP contribution < -0.4 is 10.1 Å². The van der Waals surface area contributed by atoms with Gasteiger partial charge in [0.25, 0.3) is 0 Å². The summed E-state index contributed by atoms with van der Waals surface area (Å²) in [6.45, 7) is 4.62. The van der Waals surface area contributed by atoms with Crippen LogP contribution in [0.5, 0.6) is 5.75 Å². The largest absolute Gasteiger partial charge is 0.481 e. The molecule has 84 valence electrons. The lowest BCUT2D eigenvalue weighted by molar-refractivity contribution is 0.208. The molecule has 1 aliphatic heterocycles. The van der Waals surface area contributed by atoms with Crippen LogP contribution in [0.25, 0.3) is 0 Å². The Bertz CT molecular complexity index is 498. The third-order valence-electron chi connectivity index (χ3n) is 2.78. The predicted octanol–water partition coefficient (Wildman–Crippen LogP) is 2.90. The molecule has 1 N–H and O–H groups in total. The van der Waals surface area contributed by atoms with Gasteiger partial charge in [0.05, 0.1) is 23.5 Å². The van der Waals surface area contributed by atoms with Gasteiger partial charge in [0.15, 0.2) is 5.75 Å². The van der Waals surface area contributed by atoms with Crippen molar-refractivity contribution in [2.75, 3.05) is 11.9 Å². The van der Waals surface area contributed by atoms with Crippen molar-refractivity contribution in [3.05, 3.63) is 27.8 Å². The van der Waals surface area contributed by atoms with Gasteiger partial charge in [-0.3, -0.25) is 0 Å². The second-order valence-electron chi connectivity index (χ2n) is 3.87. The highest BCUT2D eigenvalue weighted by molar-refractivity contribution is 7.08. The van der Waals surface area contributed by atoms with E-state index in [1.807, 2.05) is 19.2 Å². The molecular formula is C11H12N2O2S. The van der Waals surface area contributed by atoms with E-state index in [1.54, 1.807) is 11.3 Å². The smallest absolute Gasteiger partial charge is 0.154 e. The Morgan fingerprint density at radius 1 is 1.44 bits per heavy atom. The van der Waals surface area contributed by atoms with Crippen molar-refractivity contribution in [2.24, 2.45) is 0 Å². The number of aryl methyl sites for hydroxylation is 2. The molecule has 2 aromatic rings. The van der Waals surface area contributed by atoms with Gasteiger partial charge in [-0.15, -0.1) is 11.3 Å². The number of ether oxygens (including phenoxy) is 1. The van der Waals surface area contributed by atoms with Gasteiger partial charge in [0.1, 0.15) is 11.9 Å². The Morgan fingerprint density at radius 2 is 2.31 bits per heavy atom. The number of hydrogen-bond donors (Lipinski definition) is 1. The SMILES string of the molecule is Cc1noc(C)c1C1CNc2cscc2O1. The van der Waals surface area contributed by atoms with E-state index in [0.29, 0.717) is 0 Å². The molecule has 16 heavy (non-hydrogen) atoms. The minimum absolute atomic E-state index is 0.00616. The summed E-state index contributed by atoms with van der Waals surface area (Å²) in [6.07, 6.45) is -0.00616. The molecule has 0 radical (unpaired) electrons. The standard InChI is InChI=1S/C11H12N2O2S/c1-6-11(7(2)15-13-6)9-3-12-8-4-16-5-10(8)14-9/h4-5,9,12H,3H2,1-2H3. The average Bonchev–Trinajstić information content (AvgIpc) is 2.85. The highest BCUT2D eigenvalue weighted by Gasteiger charge is 2.26. The van der Waals surface area contributed by atoms with Crippen LogP contribution in [0.15, 0.2) is 15.3 Å². The number of hydrogen-bond acceptors (Lipinski definition) is 5. The lowest BCUT2D eigenvalue weighted by atomic mass is 10.1. The first-order valence-corrected chi connectivity index (χ1v) is 6.09. The topological polar surface area (TPSA) is 47.3 Å². The molecule has 0 amide bonds. The van der Waals surface area contributed by atoms with Gasteiger partial charge in [-0.05, 0) is 13.8 Å². The second kappa shape index (κ2) is 3.52. The van der Waals surface area contributed by atoms with Crippen LogP contribution in [0, 0.1) is 13.8 Å². The van der Waals surface area contributed by atoms with Crippen LogP contribution in [0.2, 0.25) is 0 Å². The van der Waals surface area contributed by atoms with Crippen LogP contribution in [-0.4, -0.2) is 11.7 Å². The van der Waals surface area contributed by atoms with E-state index in [9.17, 15) is 0 Å². The van der Waals surface area contributed by atoms with Gasteiger partial charge >= 0.3 is 0 Å². The highest BCUT2D eigenvalue weighted by atomic mass is 32.1. The second-order valence-corrected chi connectivity index (χ2v) is 4.62. The third kappa shape index (κ3) is 1.39. The molecule has 0 spiro atoms. The molecule has 1 atom stereocenters. The molecule has 0 aromatic carbocycles. The number of nitrogens with zero attached hydrogens (tertiary/aromatic N) is 1. The molecule has 1 aliphatic rings. The Kier molecular flexibility index (Phi) is 2.14. The Labute approximate surface area is 97.2 Å². The van der Waals surface area contributed by atoms with Crippen LogP contribution in [0.3, 0.4) is 0 Å². The first-order chi connectivity index (χ1) is 7.75. The predicted molar refractivity (Wildman–Crippen MR) is 62.2 cm³/mol. The fourth-order valence-electron chi connectivity index (χ4n) is 2.01. The monoisotopic (exact) mass is 236 g/mol. The summed E-state index contributed by atoms with van der Waals surface area (Å²) in [4.78, 5) is 0. The van der Waals surface area contributed by atoms with Crippen molar-refractivity contribution in [2.45, 2.75) is 20.0 Å². The highest BCUT2D eigenvalue weighted by Crippen LogP contribution is 2.38. The zero-order valence-corrected chi connectivity index (χ0v) is 9.93. The molecule has 0 fully saturated rings. The summed E-state index contributed by atoms with van der Waals surface area (Å²) in [5.41, 5.74) is 3.04. The van der Waals surface area contributed by atoms with Crippen LogP contribution in [0.1, 0.15) is 23.1 Å². The molecule has 5 heteroatoms. The summed E-state index contributed by atoms with van der Waals surface area (Å²) in [7, 11) is 0. The molecule has 4 nitrogen and oxygen atoms in total. The maximum atomic E-state index is 5.93. The van der Waals surface area contributed by atoms with E-state index >= 15 is 0 Å². The summed E-state index contributed by atoms with van der Waals surface area (Å²) in [5.74, 6) is 1.75. The molecule has 3 rings (SSSR count). The van der Waals surface area contributed by atoms with Gasteiger partial charge in [0.2, 0.25) is 0 Å². The quantitative estimate of drug-likeness (QED) is 0.827. The number of rotatable bonds is 1. The molecule has 2 aromatic heterocycles. The lowest BCUT2D eigenvalue weighted by Gasteiger charge is -2.25. The van der Waals surface area contributed by atoms with Crippen LogP contribution >= 0.6 is 11.3 Å². The summed E-state index contributed by atoms with van der Waals surface area (Å²) < 4.78 is 11.1. The fraction of sp³-hybridized carbons (Fsp3) is 0.364. The van der Waals surface area contributed by atoms with Crippen LogP contribution in [-0.2, 0) is 0 Å². The van der Waals surface area contributed by atoms with Crippen molar-refractivity contribution in [1.82, 2.24) is 5.16 Å². The van der Waals surface area contributed by atoms with Crippen molar-refractivity contribution in [1.29, 1.82) is 0 Å². The van der Waals surface area contributed by atoms with Crippen molar-refractivity contribution in [3.8, 4) is 5.75 Å². The van der Waals surface area contributed by atoms with E-state index in [2.05, 4.69) is 15.9 Å². The Morgan fingerprint density at radius 3 is 3.06 bits per heavy atom. The first-order valence-electron chi connectivity index (χ1n) is 5.15. The van der Waals surface area contributed by atoms with Crippen LogP contribution in [0.4, 0.5) is 5.69 Å². The zero-order chi connectivity index (χ0) is 11.1. The van der Waals surface area contributed by atoms with E-state index < -0.39 is 0 Å². The minimum atomic E-state index is -0.00616. The maximum absolute atomic E-state index is 5.93. The zero-order valence-electron chi connectivity index (χ0n) is 9.11. The molecule has 0 saturated heterocycles. The number of anilines is 1. The lowest BCUT2D eigenvalue weighted by Crippen LogP contribution is -2.23. The van der Waals surface area contributed by atoms with E-state index in [4.69, 9.17) is 9.26 Å². The minimum Gasteiger partial charge on any atom is -0.481 e. The van der Waals surface area contributed by atoms with E-state index in [1.165, 1.54) is 0 Å². The van der Waals surface area contributed by atoms with Crippen molar-refractivity contribution < 1.29 is 9.26 Å². The number of aromatic nitrogens is 1. The summed E-state index contributed by atoms with van der Waals surface area (Å²) in [6, 6.07) is 0. The van der Waals surface area contributed by atoms with Gasteiger partial charge in [-0.1, -0.05) is 5.16 Å². The van der Waals surface area contributed by atoms with E-state index in [0.717, 1.165) is 35.0 Å². The molecule has 0 aliphatic carbocycles. The Balaban J connectivity index is 1.94. The molecular weight excluding hydrogens is 224 g/mol. The van der Waals surface area contributed by atoms with Crippen molar-refractivity contribution >= 4 is 17.0 Å². The van der Waals surface area contributed by atoms with E-state index in [-0.39, 0.29) is 6.10 Å². The molecule has 1 unspecified atom stereocenters. The summed E-state index contributed by atoms with van der Waals surface area (Å²) >= 11 is 1.64. The van der Waals surface area contributed by atoms with Gasteiger partial charge < -0.3 is 14.6 Å². The number of nitrogens with one attached hydrogen (secondary N) is 1. The number of thiophene rings is 1. The molecule has 0 bridgehead atoms. The molecule has 0 saturated carbocycles. The third-order valence-corrected chi connectivity index (χ3v) is 3.51. The average molecular weight is 236 g/mol. The summed E-state index contributed by atoms with van der Waals surface area (Å²) in [5, 5.41) is 11.4. The fourth-order valence-corrected chi connectivity index (χ4v) is 2.72. The number of fused-ring (bicyclic) bond motifs is 1. The van der Waals surface area contributed by atoms with Gasteiger partial charge in [0, 0.05) is 10.8 Å². The maximum Gasteiger partial charge on any atom is 0.154 e. The Hall–Kier alpha value is -1.49. The normalized spacial score (nSPS) is 18.8.